The molecule has 0 aliphatic carbocycles. The van der Waals surface area contributed by atoms with Crippen LogP contribution in [0.5, 0.6) is 11.5 Å². The van der Waals surface area contributed by atoms with Gasteiger partial charge in [0.15, 0.2) is 28.5 Å². The van der Waals surface area contributed by atoms with Gasteiger partial charge in [-0.05, 0) is 74.0 Å². The maximum absolute atomic E-state index is 13.6. The molecule has 4 aromatic carbocycles. The summed E-state index contributed by atoms with van der Waals surface area (Å²) < 4.78 is 21.8. The summed E-state index contributed by atoms with van der Waals surface area (Å²) in [6.45, 7) is 3.38. The van der Waals surface area contributed by atoms with Crippen molar-refractivity contribution in [1.29, 1.82) is 0 Å². The molecule has 0 aliphatic rings. The highest BCUT2D eigenvalue weighted by Crippen LogP contribution is 2.34. The van der Waals surface area contributed by atoms with Crippen molar-refractivity contribution in [1.82, 2.24) is 15.0 Å². The van der Waals surface area contributed by atoms with Crippen LogP contribution in [0.25, 0.3) is 22.4 Å². The van der Waals surface area contributed by atoms with Crippen LogP contribution in [0.15, 0.2) is 105 Å². The minimum atomic E-state index is -0.709. The van der Waals surface area contributed by atoms with Crippen molar-refractivity contribution in [2.75, 3.05) is 38.4 Å². The van der Waals surface area contributed by atoms with Gasteiger partial charge in [0.05, 0.1) is 30.9 Å². The molecular weight excluding hydrogens is 638 g/mol. The Labute approximate surface area is 287 Å². The third-order valence-electron chi connectivity index (χ3n) is 8.05. The monoisotopic (exact) mass is 673 g/mol. The fraction of sp³-hybridized carbons (Fsp3) is 0.184. The van der Waals surface area contributed by atoms with Crippen molar-refractivity contribution < 1.29 is 28.0 Å². The van der Waals surface area contributed by atoms with E-state index in [-0.39, 0.29) is 28.0 Å². The molecule has 0 atom stereocenters. The number of likely N-dealkylation sites (N-methyl/N-ethyl adjacent to an activating group) is 1. The highest BCUT2D eigenvalue weighted by atomic mass is 16.5. The number of methoxy groups -OCH3 is 2. The van der Waals surface area contributed by atoms with E-state index >= 15 is 0 Å². The summed E-state index contributed by atoms with van der Waals surface area (Å²) in [4.78, 5) is 45.9. The van der Waals surface area contributed by atoms with Gasteiger partial charge in [-0.3, -0.25) is 14.4 Å². The van der Waals surface area contributed by atoms with Crippen LogP contribution >= 0.6 is 0 Å². The number of hydrogen-bond acceptors (Lipinski definition) is 10. The summed E-state index contributed by atoms with van der Waals surface area (Å²) in [5, 5.41) is 9.78. The van der Waals surface area contributed by atoms with Gasteiger partial charge in [0.1, 0.15) is 5.58 Å². The Balaban J connectivity index is 1.10. The van der Waals surface area contributed by atoms with Crippen molar-refractivity contribution >= 4 is 34.2 Å². The Morgan fingerprint density at radius 1 is 0.840 bits per heavy atom. The third-order valence-corrected chi connectivity index (χ3v) is 8.05. The second-order valence-electron chi connectivity index (χ2n) is 11.7. The lowest BCUT2D eigenvalue weighted by molar-refractivity contribution is 0.0997. The second-order valence-corrected chi connectivity index (χ2v) is 11.7. The van der Waals surface area contributed by atoms with Crippen LogP contribution in [0, 0.1) is 6.92 Å². The number of anilines is 2. The lowest BCUT2D eigenvalue weighted by Crippen LogP contribution is -2.21. The Hall–Kier alpha value is -6.27. The van der Waals surface area contributed by atoms with Gasteiger partial charge < -0.3 is 33.9 Å². The number of nitrogens with one attached hydrogen (secondary N) is 2. The molecule has 254 valence electrons. The maximum Gasteiger partial charge on any atom is 0.291 e. The highest BCUT2D eigenvalue weighted by Gasteiger charge is 2.21. The van der Waals surface area contributed by atoms with E-state index in [0.29, 0.717) is 34.3 Å². The molecule has 0 spiro atoms. The molecule has 0 radical (unpaired) electrons. The number of nitrogens with zero attached hydrogens (tertiary/aromatic N) is 3. The predicted octanol–water partition coefficient (Wildman–Crippen LogP) is 6.35. The largest absolute Gasteiger partial charge is 0.493 e. The lowest BCUT2D eigenvalue weighted by Gasteiger charge is -2.17. The Morgan fingerprint density at radius 2 is 1.54 bits per heavy atom. The molecule has 0 saturated heterocycles. The average Bonchev–Trinajstić information content (AvgIpc) is 3.57. The van der Waals surface area contributed by atoms with Gasteiger partial charge in [0, 0.05) is 36.5 Å². The molecule has 12 heteroatoms. The van der Waals surface area contributed by atoms with E-state index in [0.717, 1.165) is 42.3 Å². The van der Waals surface area contributed by atoms with Crippen molar-refractivity contribution in [2.45, 2.75) is 19.9 Å². The molecule has 0 unspecified atom stereocenters. The lowest BCUT2D eigenvalue weighted by atomic mass is 10.1. The first kappa shape index (κ1) is 33.6. The third kappa shape index (κ3) is 7.71. The van der Waals surface area contributed by atoms with Crippen LogP contribution in [0.1, 0.15) is 37.9 Å². The molecule has 6 aromatic rings. The summed E-state index contributed by atoms with van der Waals surface area (Å²) >= 11 is 0. The quantitative estimate of drug-likeness (QED) is 0.151. The molecule has 2 amide bonds. The molecule has 2 aromatic heterocycles. The van der Waals surface area contributed by atoms with E-state index in [9.17, 15) is 14.4 Å². The smallest absolute Gasteiger partial charge is 0.291 e. The number of fused-ring (bicyclic) bond motifs is 1. The first-order valence-corrected chi connectivity index (χ1v) is 15.8. The Bertz CT molecular complexity index is 2210. The van der Waals surface area contributed by atoms with Gasteiger partial charge in [-0.1, -0.05) is 41.6 Å². The van der Waals surface area contributed by atoms with E-state index < -0.39 is 11.8 Å². The molecule has 2 heterocycles. The number of amides is 2. The minimum absolute atomic E-state index is 0.116. The zero-order valence-electron chi connectivity index (χ0n) is 28.0. The number of benzene rings is 4. The number of carbonyl (C=O) groups excluding carboxylic acids is 2. The van der Waals surface area contributed by atoms with Gasteiger partial charge in [-0.15, -0.1) is 0 Å². The molecule has 0 aliphatic heterocycles. The number of hydrogen-bond donors (Lipinski definition) is 2. The van der Waals surface area contributed by atoms with Gasteiger partial charge in [0.2, 0.25) is 0 Å². The molecule has 0 bridgehead atoms. The van der Waals surface area contributed by atoms with Gasteiger partial charge in [-0.25, -0.2) is 0 Å². The first-order chi connectivity index (χ1) is 24.2. The Kier molecular flexibility index (Phi) is 10.0. The topological polar surface area (TPSA) is 149 Å². The standard InChI is InChI=1S/C38H35N5O7/c1-23-39-38(50-42-23)26-13-9-25(10-14-26)22-43(2)18-17-24-11-15-27(16-12-24)40-36(45)29-19-33(47-3)34(48-4)20-30(29)41-37(46)35-21-31(44)28-7-5-6-8-32(28)49-35/h5-16,19-21H,17-18,22H2,1-4H3,(H,40,45)(H,41,46). The number of para-hydroxylation sites is 1. The Morgan fingerprint density at radius 3 is 2.24 bits per heavy atom. The number of carbonyl (C=O) groups is 2. The second kappa shape index (κ2) is 14.9. The van der Waals surface area contributed by atoms with Crippen LogP contribution in [0.4, 0.5) is 11.4 Å². The zero-order valence-corrected chi connectivity index (χ0v) is 28.0. The van der Waals surface area contributed by atoms with E-state index in [1.54, 1.807) is 31.2 Å². The van der Waals surface area contributed by atoms with Crippen LogP contribution in [-0.2, 0) is 13.0 Å². The van der Waals surface area contributed by atoms with Crippen molar-refractivity contribution in [3.05, 3.63) is 129 Å². The molecule has 2 N–H and O–H groups in total. The SMILES string of the molecule is COc1cc(NC(=O)c2cc(=O)c3ccccc3o2)c(C(=O)Nc2ccc(CCN(C)Cc3ccc(-c4nc(C)no4)cc3)cc2)cc1OC. The normalized spacial score (nSPS) is 11.1. The fourth-order valence-corrected chi connectivity index (χ4v) is 5.40. The molecule has 0 fully saturated rings. The molecular formula is C38H35N5O7. The van der Waals surface area contributed by atoms with Crippen molar-refractivity contribution in [3.8, 4) is 23.0 Å². The summed E-state index contributed by atoms with van der Waals surface area (Å²) in [6.07, 6.45) is 0.806. The summed E-state index contributed by atoms with van der Waals surface area (Å²) in [5.41, 5.74) is 3.88. The van der Waals surface area contributed by atoms with E-state index in [1.165, 1.54) is 26.4 Å². The van der Waals surface area contributed by atoms with Crippen LogP contribution in [0.3, 0.4) is 0 Å². The number of rotatable bonds is 12. The van der Waals surface area contributed by atoms with Gasteiger partial charge in [-0.2, -0.15) is 4.98 Å². The number of aromatic nitrogens is 2. The molecule has 12 nitrogen and oxygen atoms in total. The van der Waals surface area contributed by atoms with E-state index in [1.807, 2.05) is 36.4 Å². The highest BCUT2D eigenvalue weighted by molar-refractivity contribution is 6.12. The van der Waals surface area contributed by atoms with E-state index in [4.69, 9.17) is 18.4 Å². The number of aryl methyl sites for hydroxylation is 1. The van der Waals surface area contributed by atoms with Gasteiger partial charge in [0.25, 0.3) is 17.7 Å². The van der Waals surface area contributed by atoms with Crippen LogP contribution in [-0.4, -0.2) is 54.7 Å². The van der Waals surface area contributed by atoms with E-state index in [2.05, 4.69) is 44.9 Å². The molecule has 0 saturated carbocycles. The summed E-state index contributed by atoms with van der Waals surface area (Å²) in [5.74, 6) is 0.293. The van der Waals surface area contributed by atoms with Crippen molar-refractivity contribution in [3.63, 3.8) is 0 Å². The molecule has 6 rings (SSSR count). The summed E-state index contributed by atoms with van der Waals surface area (Å²) in [7, 11) is 4.96. The van der Waals surface area contributed by atoms with Crippen LogP contribution < -0.4 is 25.5 Å². The van der Waals surface area contributed by atoms with Crippen molar-refractivity contribution in [2.24, 2.45) is 0 Å². The minimum Gasteiger partial charge on any atom is -0.493 e. The number of ether oxygens (including phenoxy) is 2. The fourth-order valence-electron chi connectivity index (χ4n) is 5.40. The first-order valence-electron chi connectivity index (χ1n) is 15.8. The maximum atomic E-state index is 13.6. The average molecular weight is 674 g/mol. The summed E-state index contributed by atoms with van der Waals surface area (Å²) in [6, 6.07) is 26.4. The van der Waals surface area contributed by atoms with Crippen LogP contribution in [0.2, 0.25) is 0 Å². The predicted molar refractivity (Wildman–Crippen MR) is 189 cm³/mol. The van der Waals surface area contributed by atoms with Gasteiger partial charge >= 0.3 is 0 Å². The zero-order chi connectivity index (χ0) is 35.2. The molecule has 50 heavy (non-hydrogen) atoms.